The van der Waals surface area contributed by atoms with Crippen LogP contribution in [0.3, 0.4) is 0 Å². The zero-order valence-corrected chi connectivity index (χ0v) is 31.1. The van der Waals surface area contributed by atoms with Crippen LogP contribution in [0.5, 0.6) is 0 Å². The summed E-state index contributed by atoms with van der Waals surface area (Å²) in [6, 6.07) is 0. The van der Waals surface area contributed by atoms with Gasteiger partial charge in [0.25, 0.3) is 0 Å². The summed E-state index contributed by atoms with van der Waals surface area (Å²) < 4.78 is 25.7. The molecule has 0 aromatic heterocycles. The molecule has 2 spiro atoms. The number of carbonyl (C=O) groups is 2. The predicted octanol–water partition coefficient (Wildman–Crippen LogP) is 9.33. The molecule has 6 nitrogen and oxygen atoms in total. The Bertz CT molecular complexity index is 1290. The van der Waals surface area contributed by atoms with Crippen LogP contribution in [-0.4, -0.2) is 49.6 Å². The average Bonchev–Trinajstić information content (AvgIpc) is 3.55. The van der Waals surface area contributed by atoms with Gasteiger partial charge >= 0.3 is 0 Å². The van der Waals surface area contributed by atoms with Crippen LogP contribution in [0, 0.1) is 45.3 Å². The SMILES string of the molecule is C/C1=C/C(=O)C2CCCC3(CC1)CCC1(OCC(C)(C)CO1)C23.C=CC(=O)C1CCCC2(CCC(=C)C)CCC3(OCC(C)(C)CO3)C12. The highest BCUT2D eigenvalue weighted by atomic mass is 16.7. The number of fused-ring (bicyclic) bond motifs is 2. The van der Waals surface area contributed by atoms with Crippen molar-refractivity contribution in [2.24, 2.45) is 45.3 Å². The Labute approximate surface area is 290 Å². The summed E-state index contributed by atoms with van der Waals surface area (Å²) in [6.07, 6.45) is 18.6. The number of carbonyl (C=O) groups excluding carboxylic acids is 2. The van der Waals surface area contributed by atoms with Crippen molar-refractivity contribution in [2.75, 3.05) is 26.4 Å². The van der Waals surface area contributed by atoms with Crippen molar-refractivity contribution in [2.45, 2.75) is 143 Å². The van der Waals surface area contributed by atoms with E-state index in [0.717, 1.165) is 77.4 Å². The molecule has 4 saturated carbocycles. The molecule has 0 aromatic carbocycles. The minimum atomic E-state index is -0.575. The van der Waals surface area contributed by atoms with Gasteiger partial charge < -0.3 is 18.9 Å². The standard InChI is InChI=1S/C22H34O3.C20H30O3/c1-6-18(23)17-8-7-10-21(11-9-16(2)3)12-13-22(19(17)21)24-14-20(4,5)15-25-22;1-14-6-8-19-7-4-5-15(16(21)11-14)17(19)20(10-9-19)22-12-18(2,3)13-23-20/h6,17,19H,1-2,7-15H2,3-5H3;11,15,17H,4-10,12-13H2,1-3H3/b;14-11-. The third-order valence-corrected chi connectivity index (χ3v) is 13.6. The zero-order chi connectivity index (χ0) is 34.6. The molecular formula is C42H64O6. The van der Waals surface area contributed by atoms with E-state index in [1.807, 2.05) is 6.08 Å². The van der Waals surface area contributed by atoms with Crippen molar-refractivity contribution < 1.29 is 28.5 Å². The number of ketones is 2. The van der Waals surface area contributed by atoms with Gasteiger partial charge in [0.05, 0.1) is 26.4 Å². The third kappa shape index (κ3) is 6.62. The molecule has 7 rings (SSSR count). The number of allylic oxidation sites excluding steroid dienone is 4. The number of hydrogen-bond donors (Lipinski definition) is 0. The maximum absolute atomic E-state index is 12.9. The first-order valence-electron chi connectivity index (χ1n) is 19.2. The van der Waals surface area contributed by atoms with Crippen molar-refractivity contribution in [1.82, 2.24) is 0 Å². The van der Waals surface area contributed by atoms with Gasteiger partial charge in [0.1, 0.15) is 0 Å². The molecule has 2 heterocycles. The Balaban J connectivity index is 0.000000168. The highest BCUT2D eigenvalue weighted by molar-refractivity contribution is 5.93. The molecule has 268 valence electrons. The molecule has 2 aliphatic heterocycles. The summed E-state index contributed by atoms with van der Waals surface area (Å²) in [4.78, 5) is 25.6. The summed E-state index contributed by atoms with van der Waals surface area (Å²) in [6.45, 7) is 23.7. The van der Waals surface area contributed by atoms with Crippen LogP contribution < -0.4 is 0 Å². The lowest BCUT2D eigenvalue weighted by atomic mass is 9.58. The van der Waals surface area contributed by atoms with Crippen LogP contribution in [0.1, 0.15) is 131 Å². The molecule has 0 N–H and O–H groups in total. The predicted molar refractivity (Wildman–Crippen MR) is 189 cm³/mol. The molecule has 48 heavy (non-hydrogen) atoms. The lowest BCUT2D eigenvalue weighted by Gasteiger charge is -2.52. The van der Waals surface area contributed by atoms with Gasteiger partial charge in [0.2, 0.25) is 0 Å². The fourth-order valence-corrected chi connectivity index (χ4v) is 11.1. The van der Waals surface area contributed by atoms with E-state index in [9.17, 15) is 9.59 Å². The zero-order valence-electron chi connectivity index (χ0n) is 31.1. The highest BCUT2D eigenvalue weighted by Crippen LogP contribution is 2.65. The lowest BCUT2D eigenvalue weighted by Crippen LogP contribution is -2.56. The average molecular weight is 665 g/mol. The molecule has 0 amide bonds. The maximum Gasteiger partial charge on any atom is 0.172 e. The first-order chi connectivity index (χ1) is 22.6. The topological polar surface area (TPSA) is 71.1 Å². The van der Waals surface area contributed by atoms with Gasteiger partial charge in [-0.1, -0.05) is 58.3 Å². The van der Waals surface area contributed by atoms with Crippen LogP contribution >= 0.6 is 0 Å². The van der Waals surface area contributed by atoms with E-state index < -0.39 is 11.6 Å². The van der Waals surface area contributed by atoms with Crippen LogP contribution in [-0.2, 0) is 28.5 Å². The Morgan fingerprint density at radius 3 is 2.02 bits per heavy atom. The van der Waals surface area contributed by atoms with E-state index in [2.05, 4.69) is 54.7 Å². The first-order valence-corrected chi connectivity index (χ1v) is 19.2. The van der Waals surface area contributed by atoms with Gasteiger partial charge in [-0.3, -0.25) is 9.59 Å². The highest BCUT2D eigenvalue weighted by Gasteiger charge is 2.66. The minimum Gasteiger partial charge on any atom is -0.349 e. The van der Waals surface area contributed by atoms with E-state index in [-0.39, 0.29) is 51.1 Å². The fourth-order valence-electron chi connectivity index (χ4n) is 11.1. The van der Waals surface area contributed by atoms with Gasteiger partial charge in [0, 0.05) is 47.3 Å². The Morgan fingerprint density at radius 1 is 0.833 bits per heavy atom. The summed E-state index contributed by atoms with van der Waals surface area (Å²) in [5.74, 6) is -0.0737. The Hall–Kier alpha value is -1.60. The smallest absolute Gasteiger partial charge is 0.172 e. The summed E-state index contributed by atoms with van der Waals surface area (Å²) in [5, 5.41) is 0. The molecule has 6 heteroatoms. The van der Waals surface area contributed by atoms with Crippen LogP contribution in [0.2, 0.25) is 0 Å². The van der Waals surface area contributed by atoms with Gasteiger partial charge in [-0.2, -0.15) is 0 Å². The molecule has 6 fully saturated rings. The van der Waals surface area contributed by atoms with Crippen molar-refractivity contribution in [3.05, 3.63) is 36.5 Å². The monoisotopic (exact) mass is 664 g/mol. The summed E-state index contributed by atoms with van der Waals surface area (Å²) in [7, 11) is 0. The largest absolute Gasteiger partial charge is 0.349 e. The molecule has 7 aliphatic rings. The van der Waals surface area contributed by atoms with Crippen molar-refractivity contribution >= 4 is 11.6 Å². The summed E-state index contributed by atoms with van der Waals surface area (Å²) in [5.41, 5.74) is 3.00. The quantitative estimate of drug-likeness (QED) is 0.216. The molecular weight excluding hydrogens is 600 g/mol. The molecule has 5 aliphatic carbocycles. The molecule has 2 bridgehead atoms. The van der Waals surface area contributed by atoms with Crippen LogP contribution in [0.15, 0.2) is 36.5 Å². The molecule has 6 unspecified atom stereocenters. The van der Waals surface area contributed by atoms with E-state index >= 15 is 0 Å². The second kappa shape index (κ2) is 13.2. The lowest BCUT2D eigenvalue weighted by molar-refractivity contribution is -0.328. The molecule has 0 radical (unpaired) electrons. The van der Waals surface area contributed by atoms with Crippen molar-refractivity contribution in [1.29, 1.82) is 0 Å². The fraction of sp³-hybridized carbons (Fsp3) is 0.810. The van der Waals surface area contributed by atoms with Gasteiger partial charge in [-0.25, -0.2) is 0 Å². The Kier molecular flexibility index (Phi) is 9.94. The van der Waals surface area contributed by atoms with E-state index in [4.69, 9.17) is 18.9 Å². The normalized spacial score (nSPS) is 39.9. The van der Waals surface area contributed by atoms with Crippen LogP contribution in [0.25, 0.3) is 0 Å². The molecule has 6 atom stereocenters. The minimum absolute atomic E-state index is 0.0138. The Morgan fingerprint density at radius 2 is 1.42 bits per heavy atom. The van der Waals surface area contributed by atoms with Gasteiger partial charge in [-0.05, 0) is 101 Å². The van der Waals surface area contributed by atoms with Crippen LogP contribution in [0.4, 0.5) is 0 Å². The second-order valence-corrected chi connectivity index (χ2v) is 18.7. The van der Waals surface area contributed by atoms with E-state index in [0.29, 0.717) is 19.0 Å². The van der Waals surface area contributed by atoms with Crippen molar-refractivity contribution in [3.8, 4) is 0 Å². The van der Waals surface area contributed by atoms with E-state index in [1.165, 1.54) is 42.9 Å². The van der Waals surface area contributed by atoms with Gasteiger partial charge in [-0.15, -0.1) is 6.58 Å². The number of ether oxygens (including phenoxy) is 4. The van der Waals surface area contributed by atoms with Gasteiger partial charge in [0.15, 0.2) is 23.1 Å². The molecule has 2 saturated heterocycles. The second-order valence-electron chi connectivity index (χ2n) is 18.7. The maximum atomic E-state index is 12.9. The van der Waals surface area contributed by atoms with E-state index in [1.54, 1.807) is 0 Å². The third-order valence-electron chi connectivity index (χ3n) is 13.6. The number of rotatable bonds is 5. The first kappa shape index (κ1) is 36.2. The summed E-state index contributed by atoms with van der Waals surface area (Å²) >= 11 is 0. The number of hydrogen-bond acceptors (Lipinski definition) is 6. The van der Waals surface area contributed by atoms with Crippen molar-refractivity contribution in [3.63, 3.8) is 0 Å². The molecule has 0 aromatic rings.